The average Bonchev–Trinajstić information content (AvgIpc) is 2.81. The second-order valence-corrected chi connectivity index (χ2v) is 5.28. The van der Waals surface area contributed by atoms with E-state index in [1.807, 2.05) is 20.8 Å². The highest BCUT2D eigenvalue weighted by atomic mass is 16.5. The van der Waals surface area contributed by atoms with Crippen molar-refractivity contribution in [2.75, 3.05) is 26.7 Å². The van der Waals surface area contributed by atoms with Crippen molar-refractivity contribution in [1.29, 1.82) is 0 Å². The third kappa shape index (κ3) is 3.95. The summed E-state index contributed by atoms with van der Waals surface area (Å²) in [5, 5.41) is 0. The maximum absolute atomic E-state index is 12.4. The van der Waals surface area contributed by atoms with Crippen LogP contribution in [0.1, 0.15) is 33.6 Å². The molecule has 1 heterocycles. The van der Waals surface area contributed by atoms with Gasteiger partial charge in [0, 0.05) is 32.1 Å². The van der Waals surface area contributed by atoms with Gasteiger partial charge in [0.25, 0.3) is 0 Å². The molecule has 1 rings (SSSR count). The van der Waals surface area contributed by atoms with E-state index in [4.69, 9.17) is 0 Å². The van der Waals surface area contributed by atoms with Crippen LogP contribution in [0.2, 0.25) is 0 Å². The van der Waals surface area contributed by atoms with E-state index in [0.29, 0.717) is 19.6 Å². The Kier molecular flexibility index (Phi) is 5.98. The molecule has 6 nitrogen and oxygen atoms in total. The number of likely N-dealkylation sites (tertiary alicyclic amines) is 1. The number of rotatable bonds is 6. The van der Waals surface area contributed by atoms with Gasteiger partial charge in [0.1, 0.15) is 0 Å². The maximum Gasteiger partial charge on any atom is 0.307 e. The predicted molar refractivity (Wildman–Crippen MR) is 73.8 cm³/mol. The lowest BCUT2D eigenvalue weighted by Crippen LogP contribution is -2.39. The van der Waals surface area contributed by atoms with E-state index in [2.05, 4.69) is 4.74 Å². The van der Waals surface area contributed by atoms with Crippen molar-refractivity contribution in [3.63, 3.8) is 0 Å². The number of amides is 2. The molecule has 0 bridgehead atoms. The molecule has 20 heavy (non-hydrogen) atoms. The molecule has 0 saturated carbocycles. The van der Waals surface area contributed by atoms with Crippen LogP contribution in [0.5, 0.6) is 0 Å². The summed E-state index contributed by atoms with van der Waals surface area (Å²) in [6.07, 6.45) is 0.455. The lowest BCUT2D eigenvalue weighted by molar-refractivity contribution is -0.142. The minimum atomic E-state index is -0.331. The van der Waals surface area contributed by atoms with Crippen LogP contribution in [0.4, 0.5) is 0 Å². The molecule has 0 aromatic rings. The largest absolute Gasteiger partial charge is 0.469 e. The fourth-order valence-corrected chi connectivity index (χ4v) is 2.41. The molecule has 1 aliphatic rings. The van der Waals surface area contributed by atoms with Gasteiger partial charge in [-0.1, -0.05) is 0 Å². The van der Waals surface area contributed by atoms with E-state index < -0.39 is 0 Å². The zero-order valence-electron chi connectivity index (χ0n) is 12.7. The summed E-state index contributed by atoms with van der Waals surface area (Å²) in [7, 11) is 1.33. The van der Waals surface area contributed by atoms with Crippen LogP contribution in [0.3, 0.4) is 0 Å². The van der Waals surface area contributed by atoms with Crippen molar-refractivity contribution in [1.82, 2.24) is 9.80 Å². The second kappa shape index (κ2) is 7.26. The number of methoxy groups -OCH3 is 1. The van der Waals surface area contributed by atoms with Gasteiger partial charge in [-0.25, -0.2) is 0 Å². The number of carbonyl (C=O) groups is 3. The van der Waals surface area contributed by atoms with Gasteiger partial charge in [-0.2, -0.15) is 0 Å². The van der Waals surface area contributed by atoms with Crippen LogP contribution in [-0.2, 0) is 19.1 Å². The molecular formula is C14H24N2O4. The van der Waals surface area contributed by atoms with Gasteiger partial charge in [0.15, 0.2) is 0 Å². The van der Waals surface area contributed by atoms with Crippen molar-refractivity contribution in [3.8, 4) is 0 Å². The van der Waals surface area contributed by atoms with Crippen molar-refractivity contribution in [2.24, 2.45) is 5.92 Å². The standard InChI is InChI=1S/C14H24N2O4/c1-5-15(7-6-13(18)20-4)14(19)11-8-12(17)16(9-11)10(2)3/h10-11H,5-9H2,1-4H3. The van der Waals surface area contributed by atoms with Crippen molar-refractivity contribution in [3.05, 3.63) is 0 Å². The SMILES string of the molecule is CCN(CCC(=O)OC)C(=O)C1CC(=O)N(C(C)C)C1. The average molecular weight is 284 g/mol. The number of esters is 1. The summed E-state index contributed by atoms with van der Waals surface area (Å²) < 4.78 is 4.58. The summed E-state index contributed by atoms with van der Waals surface area (Å²) in [4.78, 5) is 38.7. The lowest BCUT2D eigenvalue weighted by atomic mass is 10.1. The highest BCUT2D eigenvalue weighted by Gasteiger charge is 2.37. The van der Waals surface area contributed by atoms with E-state index in [-0.39, 0.29) is 42.6 Å². The minimum Gasteiger partial charge on any atom is -0.469 e. The molecule has 6 heteroatoms. The van der Waals surface area contributed by atoms with Crippen LogP contribution >= 0.6 is 0 Å². The molecule has 0 aromatic heterocycles. The van der Waals surface area contributed by atoms with Gasteiger partial charge >= 0.3 is 5.97 Å². The molecule has 0 radical (unpaired) electrons. The van der Waals surface area contributed by atoms with E-state index in [9.17, 15) is 14.4 Å². The Labute approximate surface area is 120 Å². The maximum atomic E-state index is 12.4. The van der Waals surface area contributed by atoms with Gasteiger partial charge in [0.05, 0.1) is 19.4 Å². The summed E-state index contributed by atoms with van der Waals surface area (Å²) in [5.74, 6) is -0.639. The van der Waals surface area contributed by atoms with Crippen LogP contribution in [0, 0.1) is 5.92 Å². The molecule has 1 aliphatic heterocycles. The summed E-state index contributed by atoms with van der Waals surface area (Å²) >= 11 is 0. The fourth-order valence-electron chi connectivity index (χ4n) is 2.41. The first-order valence-electron chi connectivity index (χ1n) is 7.05. The molecule has 1 fully saturated rings. The van der Waals surface area contributed by atoms with Gasteiger partial charge in [-0.05, 0) is 20.8 Å². The molecule has 2 amide bonds. The summed E-state index contributed by atoms with van der Waals surface area (Å²) in [5.41, 5.74) is 0. The first kappa shape index (κ1) is 16.5. The van der Waals surface area contributed by atoms with Crippen molar-refractivity contribution < 1.29 is 19.1 Å². The molecular weight excluding hydrogens is 260 g/mol. The molecule has 0 aromatic carbocycles. The summed E-state index contributed by atoms with van der Waals surface area (Å²) in [6.45, 7) is 7.10. The smallest absolute Gasteiger partial charge is 0.307 e. The number of hydrogen-bond donors (Lipinski definition) is 0. The van der Waals surface area contributed by atoms with Gasteiger partial charge in [-0.15, -0.1) is 0 Å². The molecule has 114 valence electrons. The minimum absolute atomic E-state index is 0.0300. The Balaban J connectivity index is 2.59. The monoisotopic (exact) mass is 284 g/mol. The van der Waals surface area contributed by atoms with Crippen LogP contribution in [0.25, 0.3) is 0 Å². The van der Waals surface area contributed by atoms with E-state index in [1.165, 1.54) is 7.11 Å². The second-order valence-electron chi connectivity index (χ2n) is 5.28. The normalized spacial score (nSPS) is 18.6. The Morgan fingerprint density at radius 1 is 1.45 bits per heavy atom. The third-order valence-corrected chi connectivity index (χ3v) is 3.64. The zero-order chi connectivity index (χ0) is 15.3. The van der Waals surface area contributed by atoms with Crippen molar-refractivity contribution in [2.45, 2.75) is 39.7 Å². The Hall–Kier alpha value is -1.59. The molecule has 1 atom stereocenters. The van der Waals surface area contributed by atoms with E-state index in [0.717, 1.165) is 0 Å². The quantitative estimate of drug-likeness (QED) is 0.672. The Morgan fingerprint density at radius 3 is 2.55 bits per heavy atom. The van der Waals surface area contributed by atoms with E-state index in [1.54, 1.807) is 9.80 Å². The Morgan fingerprint density at radius 2 is 2.10 bits per heavy atom. The van der Waals surface area contributed by atoms with Crippen molar-refractivity contribution >= 4 is 17.8 Å². The van der Waals surface area contributed by atoms with Gasteiger partial charge in [0.2, 0.25) is 11.8 Å². The number of nitrogens with zero attached hydrogens (tertiary/aromatic N) is 2. The van der Waals surface area contributed by atoms with Crippen LogP contribution in [-0.4, -0.2) is 60.4 Å². The zero-order valence-corrected chi connectivity index (χ0v) is 12.7. The molecule has 0 N–H and O–H groups in total. The highest BCUT2D eigenvalue weighted by Crippen LogP contribution is 2.22. The number of ether oxygens (including phenoxy) is 1. The third-order valence-electron chi connectivity index (χ3n) is 3.64. The number of hydrogen-bond acceptors (Lipinski definition) is 4. The number of carbonyl (C=O) groups excluding carboxylic acids is 3. The summed E-state index contributed by atoms with van der Waals surface area (Å²) in [6, 6.07) is 0.116. The predicted octanol–water partition coefficient (Wildman–Crippen LogP) is 0.655. The topological polar surface area (TPSA) is 66.9 Å². The first-order chi connectivity index (χ1) is 9.40. The molecule has 0 spiro atoms. The lowest BCUT2D eigenvalue weighted by Gasteiger charge is -2.25. The molecule has 0 aliphatic carbocycles. The molecule has 1 saturated heterocycles. The molecule has 1 unspecified atom stereocenters. The van der Waals surface area contributed by atoms with Crippen LogP contribution in [0.15, 0.2) is 0 Å². The van der Waals surface area contributed by atoms with E-state index >= 15 is 0 Å². The first-order valence-corrected chi connectivity index (χ1v) is 7.05. The van der Waals surface area contributed by atoms with Gasteiger partial charge < -0.3 is 14.5 Å². The van der Waals surface area contributed by atoms with Gasteiger partial charge in [-0.3, -0.25) is 14.4 Å². The fraction of sp³-hybridized carbons (Fsp3) is 0.786. The highest BCUT2D eigenvalue weighted by molar-refractivity contribution is 5.89. The Bertz CT molecular complexity index is 381. The van der Waals surface area contributed by atoms with Crippen LogP contribution < -0.4 is 0 Å².